The molecule has 5 heterocycles. The molecule has 0 aliphatic rings. The largest absolute Gasteiger partial charge is 0.497 e. The van der Waals surface area contributed by atoms with Crippen LogP contribution >= 0.6 is 0 Å². The molecule has 1 amide bonds. The molecule has 0 saturated heterocycles. The molecule has 3 N–H and O–H groups in total. The number of amides is 1. The Balaban J connectivity index is 1.22. The predicted molar refractivity (Wildman–Crippen MR) is 161 cm³/mol. The summed E-state index contributed by atoms with van der Waals surface area (Å²) >= 11 is 0. The van der Waals surface area contributed by atoms with Gasteiger partial charge in [0.2, 0.25) is 5.91 Å². The highest BCUT2D eigenvalue weighted by molar-refractivity contribution is 5.97. The Kier molecular flexibility index (Phi) is 6.51. The first-order valence-electron chi connectivity index (χ1n) is 13.4. The first kappa shape index (κ1) is 26.0. The normalized spacial score (nSPS) is 11.2. The number of aromatic amines is 2. The fourth-order valence-corrected chi connectivity index (χ4v) is 4.99. The molecular weight excluding hydrogens is 547 g/mol. The highest BCUT2D eigenvalue weighted by Gasteiger charge is 2.18. The van der Waals surface area contributed by atoms with Gasteiger partial charge < -0.3 is 15.0 Å². The molecule has 0 spiro atoms. The van der Waals surface area contributed by atoms with Crippen LogP contribution in [0.1, 0.15) is 5.56 Å². The average molecular weight is 571 g/mol. The van der Waals surface area contributed by atoms with Gasteiger partial charge in [0.25, 0.3) is 0 Å². The van der Waals surface area contributed by atoms with Crippen molar-refractivity contribution in [1.82, 2.24) is 35.1 Å². The van der Waals surface area contributed by atoms with E-state index in [9.17, 15) is 9.18 Å². The summed E-state index contributed by atoms with van der Waals surface area (Å²) in [5.74, 6) is 0.348. The highest BCUT2D eigenvalue weighted by atomic mass is 19.1. The van der Waals surface area contributed by atoms with E-state index >= 15 is 0 Å². The molecule has 210 valence electrons. The van der Waals surface area contributed by atoms with Crippen LogP contribution in [0.3, 0.4) is 0 Å². The number of nitrogens with zero attached hydrogens (tertiary/aromatic N) is 5. The number of anilines is 1. The van der Waals surface area contributed by atoms with Gasteiger partial charge in [-0.3, -0.25) is 19.9 Å². The first-order valence-corrected chi connectivity index (χ1v) is 13.4. The molecule has 0 bridgehead atoms. The van der Waals surface area contributed by atoms with Crippen LogP contribution in [-0.4, -0.2) is 48.1 Å². The van der Waals surface area contributed by atoms with Crippen molar-refractivity contribution in [3.8, 4) is 39.7 Å². The molecule has 7 aromatic rings. The molecule has 0 atom stereocenters. The van der Waals surface area contributed by atoms with Gasteiger partial charge in [0, 0.05) is 35.0 Å². The zero-order chi connectivity index (χ0) is 29.3. The van der Waals surface area contributed by atoms with Crippen molar-refractivity contribution in [3.05, 3.63) is 103 Å². The van der Waals surface area contributed by atoms with E-state index in [0.29, 0.717) is 50.9 Å². The summed E-state index contributed by atoms with van der Waals surface area (Å²) in [5.41, 5.74) is 6.58. The highest BCUT2D eigenvalue weighted by Crippen LogP contribution is 2.33. The molecule has 0 unspecified atom stereocenters. The smallest absolute Gasteiger partial charge is 0.228 e. The molecule has 0 saturated carbocycles. The average Bonchev–Trinajstić information content (AvgIpc) is 3.65. The van der Waals surface area contributed by atoms with Gasteiger partial charge in [-0.05, 0) is 41.5 Å². The number of imidazole rings is 1. The lowest BCUT2D eigenvalue weighted by Gasteiger charge is -2.07. The molecule has 0 aliphatic carbocycles. The van der Waals surface area contributed by atoms with Crippen molar-refractivity contribution < 1.29 is 13.9 Å². The van der Waals surface area contributed by atoms with E-state index < -0.39 is 5.82 Å². The predicted octanol–water partition coefficient (Wildman–Crippen LogP) is 5.95. The van der Waals surface area contributed by atoms with E-state index in [1.54, 1.807) is 36.9 Å². The van der Waals surface area contributed by atoms with Crippen LogP contribution in [0.2, 0.25) is 0 Å². The molecular formula is C32H23FN8O2. The molecule has 7 rings (SSSR count). The van der Waals surface area contributed by atoms with E-state index in [1.807, 2.05) is 42.5 Å². The monoisotopic (exact) mass is 570 g/mol. The van der Waals surface area contributed by atoms with Gasteiger partial charge in [-0.2, -0.15) is 5.10 Å². The lowest BCUT2D eigenvalue weighted by molar-refractivity contribution is -0.115. The Morgan fingerprint density at radius 1 is 0.977 bits per heavy atom. The maximum absolute atomic E-state index is 14.3. The number of nitrogens with one attached hydrogen (secondary N) is 3. The van der Waals surface area contributed by atoms with Crippen molar-refractivity contribution >= 4 is 33.7 Å². The lowest BCUT2D eigenvalue weighted by Crippen LogP contribution is -2.14. The van der Waals surface area contributed by atoms with Crippen molar-refractivity contribution in [3.63, 3.8) is 0 Å². The number of pyridine rings is 3. The van der Waals surface area contributed by atoms with Crippen LogP contribution in [0.4, 0.5) is 10.1 Å². The van der Waals surface area contributed by atoms with Crippen molar-refractivity contribution in [2.45, 2.75) is 6.42 Å². The fourth-order valence-electron chi connectivity index (χ4n) is 4.99. The Bertz CT molecular complexity index is 2120. The molecule has 10 nitrogen and oxygen atoms in total. The van der Waals surface area contributed by atoms with Gasteiger partial charge in [-0.15, -0.1) is 0 Å². The summed E-state index contributed by atoms with van der Waals surface area (Å²) in [6, 6.07) is 19.6. The lowest BCUT2D eigenvalue weighted by atomic mass is 10.1. The zero-order valence-corrected chi connectivity index (χ0v) is 22.8. The summed E-state index contributed by atoms with van der Waals surface area (Å²) in [6.45, 7) is 0. The number of rotatable bonds is 7. The first-order chi connectivity index (χ1) is 21.0. The number of aromatic nitrogens is 7. The van der Waals surface area contributed by atoms with Gasteiger partial charge in [0.15, 0.2) is 11.5 Å². The minimum absolute atomic E-state index is 0.139. The van der Waals surface area contributed by atoms with E-state index in [4.69, 9.17) is 4.74 Å². The molecule has 43 heavy (non-hydrogen) atoms. The second kappa shape index (κ2) is 10.8. The van der Waals surface area contributed by atoms with Gasteiger partial charge in [-0.1, -0.05) is 30.3 Å². The SMILES string of the molecule is COc1cc(F)cc(-c2ccnc3nc(-c4n[nH]c5cnc(-c6cncc(NC(=O)Cc7ccccc7)c6)cc45)[nH]c23)c1. The quantitative estimate of drug-likeness (QED) is 0.215. The minimum Gasteiger partial charge on any atom is -0.497 e. The van der Waals surface area contributed by atoms with Crippen LogP contribution in [0.15, 0.2) is 91.5 Å². The van der Waals surface area contributed by atoms with E-state index in [1.165, 1.54) is 19.2 Å². The Morgan fingerprint density at radius 3 is 2.72 bits per heavy atom. The molecule has 0 radical (unpaired) electrons. The third kappa shape index (κ3) is 5.15. The number of hydrogen-bond acceptors (Lipinski definition) is 7. The number of carbonyl (C=O) groups is 1. The van der Waals surface area contributed by atoms with Gasteiger partial charge in [0.1, 0.15) is 17.3 Å². The summed E-state index contributed by atoms with van der Waals surface area (Å²) < 4.78 is 19.5. The topological polar surface area (TPSA) is 134 Å². The van der Waals surface area contributed by atoms with Gasteiger partial charge in [0.05, 0.1) is 48.3 Å². The number of ether oxygens (including phenoxy) is 1. The number of carbonyl (C=O) groups excluding carboxylic acids is 1. The van der Waals surface area contributed by atoms with E-state index in [0.717, 1.165) is 22.1 Å². The molecule has 0 aliphatic heterocycles. The van der Waals surface area contributed by atoms with Crippen LogP contribution < -0.4 is 10.1 Å². The second-order valence-electron chi connectivity index (χ2n) is 9.88. The minimum atomic E-state index is -0.410. The maximum Gasteiger partial charge on any atom is 0.228 e. The van der Waals surface area contributed by atoms with E-state index in [2.05, 4.69) is 40.4 Å². The number of fused-ring (bicyclic) bond motifs is 2. The Hall–Kier alpha value is -5.97. The van der Waals surface area contributed by atoms with E-state index in [-0.39, 0.29) is 12.3 Å². The van der Waals surface area contributed by atoms with Gasteiger partial charge in [-0.25, -0.2) is 14.4 Å². The zero-order valence-electron chi connectivity index (χ0n) is 22.8. The third-order valence-electron chi connectivity index (χ3n) is 7.01. The second-order valence-corrected chi connectivity index (χ2v) is 9.88. The Labute approximate surface area is 244 Å². The summed E-state index contributed by atoms with van der Waals surface area (Å²) in [4.78, 5) is 33.9. The number of H-pyrrole nitrogens is 2. The standard InChI is InChI=1S/C32H23FN8O2/c1-43-23-12-19(10-21(33)13-23)24-7-8-35-31-29(24)38-32(39-31)30-25-14-26(36-17-27(25)40-41-30)20-11-22(16-34-15-20)37-28(42)9-18-5-3-2-4-6-18/h2-8,10-17H,9H2,1H3,(H,37,42)(H,40,41)(H,35,38,39). The van der Waals surface area contributed by atoms with Gasteiger partial charge >= 0.3 is 0 Å². The molecule has 5 aromatic heterocycles. The fraction of sp³-hybridized carbons (Fsp3) is 0.0625. The molecule has 11 heteroatoms. The van der Waals surface area contributed by atoms with Crippen LogP contribution in [0.25, 0.3) is 56.0 Å². The number of hydrogen-bond donors (Lipinski definition) is 3. The van der Waals surface area contributed by atoms with Crippen LogP contribution in [0, 0.1) is 5.82 Å². The number of halogens is 1. The van der Waals surface area contributed by atoms with Crippen LogP contribution in [0.5, 0.6) is 5.75 Å². The summed E-state index contributed by atoms with van der Waals surface area (Å²) in [5, 5.41) is 11.2. The van der Waals surface area contributed by atoms with Crippen molar-refractivity contribution in [2.75, 3.05) is 12.4 Å². The Morgan fingerprint density at radius 2 is 1.86 bits per heavy atom. The summed E-state index contributed by atoms with van der Waals surface area (Å²) in [7, 11) is 1.50. The summed E-state index contributed by atoms with van der Waals surface area (Å²) in [6.07, 6.45) is 6.86. The maximum atomic E-state index is 14.3. The molecule has 0 fully saturated rings. The van der Waals surface area contributed by atoms with Crippen molar-refractivity contribution in [2.24, 2.45) is 0 Å². The van der Waals surface area contributed by atoms with Crippen LogP contribution in [-0.2, 0) is 11.2 Å². The number of benzene rings is 2. The molecule has 2 aromatic carbocycles. The third-order valence-corrected chi connectivity index (χ3v) is 7.01. The number of methoxy groups -OCH3 is 1. The van der Waals surface area contributed by atoms with Crippen molar-refractivity contribution in [1.29, 1.82) is 0 Å².